The molecule has 6 heteroatoms. The second kappa shape index (κ2) is 6.12. The summed E-state index contributed by atoms with van der Waals surface area (Å²) >= 11 is 0. The maximum absolute atomic E-state index is 12.1. The van der Waals surface area contributed by atoms with Crippen molar-refractivity contribution < 1.29 is 9.53 Å². The van der Waals surface area contributed by atoms with Crippen molar-refractivity contribution in [2.45, 2.75) is 31.9 Å². The van der Waals surface area contributed by atoms with Crippen LogP contribution in [0.2, 0.25) is 0 Å². The number of hydrogen-bond acceptors (Lipinski definition) is 4. The van der Waals surface area contributed by atoms with Crippen molar-refractivity contribution >= 4 is 5.91 Å². The van der Waals surface area contributed by atoms with Gasteiger partial charge in [-0.2, -0.15) is 5.10 Å². The molecule has 120 valence electrons. The molecule has 0 saturated heterocycles. The zero-order valence-electron chi connectivity index (χ0n) is 12.9. The van der Waals surface area contributed by atoms with Crippen LogP contribution in [0.3, 0.4) is 0 Å². The highest BCUT2D eigenvalue weighted by molar-refractivity contribution is 5.93. The molecule has 1 aliphatic carbocycles. The van der Waals surface area contributed by atoms with Crippen LogP contribution in [-0.4, -0.2) is 33.8 Å². The predicted molar refractivity (Wildman–Crippen MR) is 83.9 cm³/mol. The molecule has 6 nitrogen and oxygen atoms in total. The molecule has 1 saturated carbocycles. The lowest BCUT2D eigenvalue weighted by Crippen LogP contribution is -2.31. The normalized spacial score (nSPS) is 20.1. The van der Waals surface area contributed by atoms with Crippen molar-refractivity contribution in [3.63, 3.8) is 0 Å². The van der Waals surface area contributed by atoms with E-state index in [-0.39, 0.29) is 12.0 Å². The third-order valence-electron chi connectivity index (χ3n) is 4.40. The molecule has 1 aliphatic heterocycles. The Morgan fingerprint density at radius 2 is 2.17 bits per heavy atom. The highest BCUT2D eigenvalue weighted by Gasteiger charge is 2.27. The molecule has 2 aliphatic rings. The van der Waals surface area contributed by atoms with Gasteiger partial charge in [-0.15, -0.1) is 0 Å². The number of rotatable bonds is 5. The largest absolute Gasteiger partial charge is 0.370 e. The van der Waals surface area contributed by atoms with E-state index in [0.717, 1.165) is 24.6 Å². The second-order valence-corrected chi connectivity index (χ2v) is 6.26. The predicted octanol–water partition coefficient (Wildman–Crippen LogP) is 1.73. The van der Waals surface area contributed by atoms with E-state index in [4.69, 9.17) is 9.84 Å². The number of amides is 1. The maximum atomic E-state index is 12.1. The molecule has 1 fully saturated rings. The molecule has 1 unspecified atom stereocenters. The lowest BCUT2D eigenvalue weighted by atomic mass is 10.1. The second-order valence-electron chi connectivity index (χ2n) is 6.26. The molecule has 4 rings (SSSR count). The molecule has 3 heterocycles. The van der Waals surface area contributed by atoms with Gasteiger partial charge in [0.15, 0.2) is 0 Å². The molecular weight excluding hydrogens is 292 g/mol. The Hall–Kier alpha value is -2.21. The molecule has 0 spiro atoms. The molecule has 1 N–H and O–H groups in total. The lowest BCUT2D eigenvalue weighted by Gasteiger charge is -2.22. The van der Waals surface area contributed by atoms with Crippen LogP contribution in [0.15, 0.2) is 30.7 Å². The Kier molecular flexibility index (Phi) is 3.83. The SMILES string of the molecule is O=C(NCC1OCCc2cn(CC3CC3)nc21)c1ccncc1. The molecular formula is C17H20N4O2. The van der Waals surface area contributed by atoms with E-state index < -0.39 is 0 Å². The van der Waals surface area contributed by atoms with Gasteiger partial charge in [-0.1, -0.05) is 0 Å². The molecule has 0 bridgehead atoms. The molecule has 2 aromatic heterocycles. The van der Waals surface area contributed by atoms with E-state index in [1.165, 1.54) is 18.4 Å². The van der Waals surface area contributed by atoms with E-state index in [9.17, 15) is 4.79 Å². The van der Waals surface area contributed by atoms with Crippen molar-refractivity contribution in [3.8, 4) is 0 Å². The van der Waals surface area contributed by atoms with Crippen LogP contribution in [0, 0.1) is 5.92 Å². The standard InChI is InChI=1S/C17H20N4O2/c22-17(13-3-6-18-7-4-13)19-9-15-16-14(5-8-23-15)11-21(20-16)10-12-1-2-12/h3-4,6-7,11-12,15H,1-2,5,8-10H2,(H,19,22). The molecule has 1 amide bonds. The van der Waals surface area contributed by atoms with E-state index >= 15 is 0 Å². The first-order valence-corrected chi connectivity index (χ1v) is 8.15. The van der Waals surface area contributed by atoms with Crippen molar-refractivity contribution in [2.24, 2.45) is 5.92 Å². The number of carbonyl (C=O) groups is 1. The summed E-state index contributed by atoms with van der Waals surface area (Å²) in [6.07, 6.45) is 8.74. The van der Waals surface area contributed by atoms with Crippen molar-refractivity contribution in [1.82, 2.24) is 20.1 Å². The van der Waals surface area contributed by atoms with E-state index in [1.54, 1.807) is 24.5 Å². The summed E-state index contributed by atoms with van der Waals surface area (Å²) in [5, 5.41) is 7.62. The molecule has 0 radical (unpaired) electrons. The van der Waals surface area contributed by atoms with Crippen LogP contribution < -0.4 is 5.32 Å². The summed E-state index contributed by atoms with van der Waals surface area (Å²) < 4.78 is 7.87. The first kappa shape index (κ1) is 14.4. The zero-order chi connectivity index (χ0) is 15.6. The number of aromatic nitrogens is 3. The maximum Gasteiger partial charge on any atom is 0.251 e. The van der Waals surface area contributed by atoms with E-state index in [0.29, 0.717) is 18.7 Å². The van der Waals surface area contributed by atoms with Gasteiger partial charge in [0.2, 0.25) is 0 Å². The van der Waals surface area contributed by atoms with Crippen LogP contribution in [-0.2, 0) is 17.7 Å². The minimum Gasteiger partial charge on any atom is -0.370 e. The number of pyridine rings is 1. The highest BCUT2D eigenvalue weighted by atomic mass is 16.5. The Labute approximate surface area is 134 Å². The van der Waals surface area contributed by atoms with Crippen molar-refractivity contribution in [2.75, 3.05) is 13.2 Å². The van der Waals surface area contributed by atoms with Gasteiger partial charge in [0.05, 0.1) is 12.3 Å². The first-order chi connectivity index (χ1) is 11.3. The number of fused-ring (bicyclic) bond motifs is 1. The fourth-order valence-corrected chi connectivity index (χ4v) is 2.94. The molecule has 23 heavy (non-hydrogen) atoms. The molecule has 2 aromatic rings. The lowest BCUT2D eigenvalue weighted by molar-refractivity contribution is 0.0383. The molecule has 1 atom stereocenters. The van der Waals surface area contributed by atoms with Crippen molar-refractivity contribution in [3.05, 3.63) is 47.5 Å². The average molecular weight is 312 g/mol. The topological polar surface area (TPSA) is 69.0 Å². The number of hydrogen-bond donors (Lipinski definition) is 1. The Morgan fingerprint density at radius 3 is 2.96 bits per heavy atom. The minimum absolute atomic E-state index is 0.111. The average Bonchev–Trinajstić information content (AvgIpc) is 3.29. The van der Waals surface area contributed by atoms with Gasteiger partial charge in [0.25, 0.3) is 5.91 Å². The van der Waals surface area contributed by atoms with Gasteiger partial charge in [0.1, 0.15) is 6.10 Å². The monoisotopic (exact) mass is 312 g/mol. The fraction of sp³-hybridized carbons (Fsp3) is 0.471. The van der Waals surface area contributed by atoms with E-state index in [1.807, 2.05) is 0 Å². The van der Waals surface area contributed by atoms with Gasteiger partial charge in [-0.25, -0.2) is 0 Å². The fourth-order valence-electron chi connectivity index (χ4n) is 2.94. The van der Waals surface area contributed by atoms with Gasteiger partial charge in [-0.3, -0.25) is 14.5 Å². The first-order valence-electron chi connectivity index (χ1n) is 8.15. The summed E-state index contributed by atoms with van der Waals surface area (Å²) in [7, 11) is 0. The summed E-state index contributed by atoms with van der Waals surface area (Å²) in [5.41, 5.74) is 2.84. The Balaban J connectivity index is 1.42. The van der Waals surface area contributed by atoms with Crippen molar-refractivity contribution in [1.29, 1.82) is 0 Å². The number of carbonyl (C=O) groups excluding carboxylic acids is 1. The van der Waals surface area contributed by atoms with Gasteiger partial charge in [0, 0.05) is 37.2 Å². The van der Waals surface area contributed by atoms with Crippen LogP contribution in [0.1, 0.15) is 40.6 Å². The summed E-state index contributed by atoms with van der Waals surface area (Å²) in [4.78, 5) is 16.1. The number of nitrogens with one attached hydrogen (secondary N) is 1. The summed E-state index contributed by atoms with van der Waals surface area (Å²) in [5.74, 6) is 0.683. The Bertz CT molecular complexity index is 694. The van der Waals surface area contributed by atoms with Crippen LogP contribution in [0.5, 0.6) is 0 Å². The smallest absolute Gasteiger partial charge is 0.251 e. The number of nitrogens with zero attached hydrogens (tertiary/aromatic N) is 3. The Morgan fingerprint density at radius 1 is 1.35 bits per heavy atom. The quantitative estimate of drug-likeness (QED) is 0.913. The minimum atomic E-state index is -0.162. The summed E-state index contributed by atoms with van der Waals surface area (Å²) in [6.45, 7) is 2.12. The number of ether oxygens (including phenoxy) is 1. The van der Waals surface area contributed by atoms with Gasteiger partial charge >= 0.3 is 0 Å². The van der Waals surface area contributed by atoms with Crippen LogP contribution >= 0.6 is 0 Å². The van der Waals surface area contributed by atoms with Gasteiger partial charge < -0.3 is 10.1 Å². The third kappa shape index (κ3) is 3.27. The van der Waals surface area contributed by atoms with E-state index in [2.05, 4.69) is 21.2 Å². The van der Waals surface area contributed by atoms with Gasteiger partial charge in [-0.05, 0) is 42.9 Å². The third-order valence-corrected chi connectivity index (χ3v) is 4.40. The van der Waals surface area contributed by atoms with Crippen LogP contribution in [0.4, 0.5) is 0 Å². The molecule has 0 aromatic carbocycles. The summed E-state index contributed by atoms with van der Waals surface area (Å²) in [6, 6.07) is 3.40. The highest BCUT2D eigenvalue weighted by Crippen LogP contribution is 2.32. The zero-order valence-corrected chi connectivity index (χ0v) is 12.9. The van der Waals surface area contributed by atoms with Crippen LogP contribution in [0.25, 0.3) is 0 Å².